The van der Waals surface area contributed by atoms with Gasteiger partial charge in [-0.15, -0.1) is 0 Å². The lowest BCUT2D eigenvalue weighted by Crippen LogP contribution is -2.06. The minimum Gasteiger partial charge on any atom is -0.396 e. The molecule has 0 amide bonds. The highest BCUT2D eigenvalue weighted by Gasteiger charge is 2.52. The predicted molar refractivity (Wildman–Crippen MR) is 42.3 cm³/mol. The quantitative estimate of drug-likeness (QED) is 0.618. The van der Waals surface area contributed by atoms with E-state index in [2.05, 4.69) is 0 Å². The second-order valence-electron chi connectivity index (χ2n) is 3.91. The van der Waals surface area contributed by atoms with Crippen LogP contribution >= 0.6 is 0 Å². The minimum atomic E-state index is 0.389. The standard InChI is InChI=1S/C9H16O2/c10-7-8-6-9(8)2-1-4-11-5-3-9/h8,10H,1-7H2. The van der Waals surface area contributed by atoms with Crippen LogP contribution < -0.4 is 0 Å². The third-order valence-electron chi connectivity index (χ3n) is 3.29. The van der Waals surface area contributed by atoms with Crippen molar-refractivity contribution in [3.05, 3.63) is 0 Å². The molecule has 11 heavy (non-hydrogen) atoms. The van der Waals surface area contributed by atoms with Crippen LogP contribution in [0.3, 0.4) is 0 Å². The van der Waals surface area contributed by atoms with Gasteiger partial charge in [0.05, 0.1) is 0 Å². The van der Waals surface area contributed by atoms with Crippen molar-refractivity contribution in [2.45, 2.75) is 25.7 Å². The first kappa shape index (κ1) is 7.56. The maximum Gasteiger partial charge on any atom is 0.0471 e. The van der Waals surface area contributed by atoms with Crippen molar-refractivity contribution in [3.63, 3.8) is 0 Å². The summed E-state index contributed by atoms with van der Waals surface area (Å²) in [5.41, 5.74) is 0.505. The molecule has 2 fully saturated rings. The highest BCUT2D eigenvalue weighted by molar-refractivity contribution is 5.01. The van der Waals surface area contributed by atoms with Gasteiger partial charge in [-0.05, 0) is 37.0 Å². The molecule has 1 heterocycles. The first-order chi connectivity index (χ1) is 5.37. The van der Waals surface area contributed by atoms with Crippen molar-refractivity contribution in [1.29, 1.82) is 0 Å². The van der Waals surface area contributed by atoms with E-state index >= 15 is 0 Å². The Kier molecular flexibility index (Phi) is 1.90. The molecule has 2 atom stereocenters. The summed E-state index contributed by atoms with van der Waals surface area (Å²) in [6.45, 7) is 2.23. The van der Waals surface area contributed by atoms with Crippen molar-refractivity contribution in [1.82, 2.24) is 0 Å². The van der Waals surface area contributed by atoms with E-state index in [1.54, 1.807) is 0 Å². The van der Waals surface area contributed by atoms with Gasteiger partial charge in [0.15, 0.2) is 0 Å². The number of hydrogen-bond donors (Lipinski definition) is 1. The molecule has 1 N–H and O–H groups in total. The molecule has 2 aliphatic rings. The fraction of sp³-hybridized carbons (Fsp3) is 1.00. The van der Waals surface area contributed by atoms with E-state index < -0.39 is 0 Å². The SMILES string of the molecule is OCC1CC12CCCOCC2. The summed E-state index contributed by atoms with van der Waals surface area (Å²) in [5.74, 6) is 0.601. The molecule has 0 bridgehead atoms. The zero-order valence-electron chi connectivity index (χ0n) is 6.88. The summed E-state index contributed by atoms with van der Waals surface area (Å²) < 4.78 is 5.38. The summed E-state index contributed by atoms with van der Waals surface area (Å²) in [5, 5.41) is 8.97. The molecule has 1 saturated heterocycles. The van der Waals surface area contributed by atoms with Crippen molar-refractivity contribution < 1.29 is 9.84 Å². The lowest BCUT2D eigenvalue weighted by molar-refractivity contribution is 0.138. The Morgan fingerprint density at radius 3 is 3.00 bits per heavy atom. The third-order valence-corrected chi connectivity index (χ3v) is 3.29. The van der Waals surface area contributed by atoms with E-state index in [0.717, 1.165) is 13.2 Å². The monoisotopic (exact) mass is 156 g/mol. The minimum absolute atomic E-state index is 0.389. The molecule has 0 radical (unpaired) electrons. The van der Waals surface area contributed by atoms with Gasteiger partial charge >= 0.3 is 0 Å². The van der Waals surface area contributed by atoms with Crippen LogP contribution in [0.1, 0.15) is 25.7 Å². The maximum absolute atomic E-state index is 8.97. The first-order valence-electron chi connectivity index (χ1n) is 4.56. The number of aliphatic hydroxyl groups is 1. The maximum atomic E-state index is 8.97. The average Bonchev–Trinajstić information content (AvgIpc) is 2.76. The van der Waals surface area contributed by atoms with Crippen molar-refractivity contribution in [2.24, 2.45) is 11.3 Å². The van der Waals surface area contributed by atoms with Crippen LogP contribution in [0.4, 0.5) is 0 Å². The van der Waals surface area contributed by atoms with E-state index in [1.807, 2.05) is 0 Å². The Hall–Kier alpha value is -0.0800. The Balaban J connectivity index is 1.92. The first-order valence-corrected chi connectivity index (χ1v) is 4.56. The Morgan fingerprint density at radius 2 is 2.27 bits per heavy atom. The van der Waals surface area contributed by atoms with Gasteiger partial charge in [0, 0.05) is 19.8 Å². The summed E-state index contributed by atoms with van der Waals surface area (Å²) in [4.78, 5) is 0. The Bertz CT molecular complexity index is 136. The van der Waals surface area contributed by atoms with Gasteiger partial charge in [-0.3, -0.25) is 0 Å². The van der Waals surface area contributed by atoms with E-state index in [1.165, 1.54) is 25.7 Å². The molecule has 2 nitrogen and oxygen atoms in total. The number of aliphatic hydroxyl groups excluding tert-OH is 1. The molecule has 1 aliphatic heterocycles. The molecule has 0 aromatic heterocycles. The van der Waals surface area contributed by atoms with Crippen LogP contribution in [0.5, 0.6) is 0 Å². The van der Waals surface area contributed by atoms with Crippen LogP contribution in [0.25, 0.3) is 0 Å². The van der Waals surface area contributed by atoms with Crippen LogP contribution in [-0.4, -0.2) is 24.9 Å². The molecule has 1 spiro atoms. The van der Waals surface area contributed by atoms with Crippen LogP contribution in [0.2, 0.25) is 0 Å². The predicted octanol–water partition coefficient (Wildman–Crippen LogP) is 1.19. The Labute approximate surface area is 67.6 Å². The second kappa shape index (κ2) is 2.76. The van der Waals surface area contributed by atoms with E-state index in [0.29, 0.717) is 17.9 Å². The zero-order valence-corrected chi connectivity index (χ0v) is 6.88. The van der Waals surface area contributed by atoms with Crippen molar-refractivity contribution >= 4 is 0 Å². The molecular formula is C9H16O2. The van der Waals surface area contributed by atoms with E-state index in [9.17, 15) is 0 Å². The van der Waals surface area contributed by atoms with Gasteiger partial charge in [0.2, 0.25) is 0 Å². The molecule has 0 aromatic carbocycles. The topological polar surface area (TPSA) is 29.5 Å². The van der Waals surface area contributed by atoms with Crippen molar-refractivity contribution in [2.75, 3.05) is 19.8 Å². The lowest BCUT2D eigenvalue weighted by atomic mass is 9.95. The molecule has 64 valence electrons. The molecule has 0 aromatic rings. The van der Waals surface area contributed by atoms with E-state index in [4.69, 9.17) is 9.84 Å². The average molecular weight is 156 g/mol. The molecule has 1 aliphatic carbocycles. The summed E-state index contributed by atoms with van der Waals surface area (Å²) >= 11 is 0. The highest BCUT2D eigenvalue weighted by Crippen LogP contribution is 2.58. The normalized spacial score (nSPS) is 43.9. The van der Waals surface area contributed by atoms with Crippen LogP contribution in [-0.2, 0) is 4.74 Å². The van der Waals surface area contributed by atoms with Gasteiger partial charge in [-0.25, -0.2) is 0 Å². The Morgan fingerprint density at radius 1 is 1.36 bits per heavy atom. The lowest BCUT2D eigenvalue weighted by Gasteiger charge is -2.11. The number of rotatable bonds is 1. The molecule has 2 unspecified atom stereocenters. The zero-order chi connectivity index (χ0) is 7.73. The summed E-state index contributed by atoms with van der Waals surface area (Å²) in [7, 11) is 0. The largest absolute Gasteiger partial charge is 0.396 e. The van der Waals surface area contributed by atoms with Gasteiger partial charge < -0.3 is 9.84 Å². The summed E-state index contributed by atoms with van der Waals surface area (Å²) in [6.07, 6.45) is 4.89. The number of ether oxygens (including phenoxy) is 1. The smallest absolute Gasteiger partial charge is 0.0471 e. The highest BCUT2D eigenvalue weighted by atomic mass is 16.5. The van der Waals surface area contributed by atoms with Gasteiger partial charge in [0.25, 0.3) is 0 Å². The van der Waals surface area contributed by atoms with E-state index in [-0.39, 0.29) is 0 Å². The van der Waals surface area contributed by atoms with Crippen LogP contribution in [0, 0.1) is 11.3 Å². The van der Waals surface area contributed by atoms with Gasteiger partial charge in [-0.1, -0.05) is 0 Å². The van der Waals surface area contributed by atoms with Gasteiger partial charge in [0.1, 0.15) is 0 Å². The summed E-state index contributed by atoms with van der Waals surface area (Å²) in [6, 6.07) is 0. The third kappa shape index (κ3) is 1.30. The van der Waals surface area contributed by atoms with Crippen molar-refractivity contribution in [3.8, 4) is 0 Å². The molecule has 2 heteroatoms. The second-order valence-corrected chi connectivity index (χ2v) is 3.91. The fourth-order valence-corrected chi connectivity index (χ4v) is 2.33. The van der Waals surface area contributed by atoms with Gasteiger partial charge in [-0.2, -0.15) is 0 Å². The number of hydrogen-bond acceptors (Lipinski definition) is 2. The fourth-order valence-electron chi connectivity index (χ4n) is 2.33. The molecule has 2 rings (SSSR count). The molecule has 1 saturated carbocycles. The molecular weight excluding hydrogens is 140 g/mol. The van der Waals surface area contributed by atoms with Crippen LogP contribution in [0.15, 0.2) is 0 Å².